The molecule has 0 spiro atoms. The molecular formula is C9H12ClNO2. The van der Waals surface area contributed by atoms with Gasteiger partial charge < -0.3 is 9.84 Å². The third-order valence-electron chi connectivity index (χ3n) is 1.62. The Morgan fingerprint density at radius 2 is 2.15 bits per heavy atom. The number of aliphatic hydroxyl groups is 1. The first-order valence-electron chi connectivity index (χ1n) is 3.87. The lowest BCUT2D eigenvalue weighted by Crippen LogP contribution is -2.18. The number of pyridine rings is 1. The average Bonchev–Trinajstić information content (AvgIpc) is 2.01. The van der Waals surface area contributed by atoms with Crippen LogP contribution in [0.4, 0.5) is 0 Å². The Morgan fingerprint density at radius 3 is 2.62 bits per heavy atom. The molecule has 0 bridgehead atoms. The van der Waals surface area contributed by atoms with Crippen LogP contribution in [0.2, 0.25) is 5.02 Å². The monoisotopic (exact) mass is 201 g/mol. The third kappa shape index (κ3) is 2.32. The summed E-state index contributed by atoms with van der Waals surface area (Å²) in [5, 5.41) is 10.2. The van der Waals surface area contributed by atoms with Crippen LogP contribution in [0.3, 0.4) is 0 Å². The van der Waals surface area contributed by atoms with E-state index in [1.807, 2.05) is 0 Å². The molecular weight excluding hydrogens is 190 g/mol. The second-order valence-corrected chi connectivity index (χ2v) is 3.70. The second kappa shape index (κ2) is 3.52. The van der Waals surface area contributed by atoms with E-state index in [1.165, 1.54) is 13.3 Å². The Bertz CT molecular complexity index is 307. The largest absolute Gasteiger partial charge is 0.495 e. The average molecular weight is 202 g/mol. The fourth-order valence-corrected chi connectivity index (χ4v) is 1.18. The lowest BCUT2D eigenvalue weighted by atomic mass is 10.0. The van der Waals surface area contributed by atoms with Crippen LogP contribution >= 0.6 is 11.6 Å². The van der Waals surface area contributed by atoms with Crippen molar-refractivity contribution in [2.75, 3.05) is 7.11 Å². The van der Waals surface area contributed by atoms with Crippen molar-refractivity contribution in [3.8, 4) is 5.75 Å². The molecule has 0 aliphatic carbocycles. The summed E-state index contributed by atoms with van der Waals surface area (Å²) in [7, 11) is 1.52. The van der Waals surface area contributed by atoms with Crippen molar-refractivity contribution in [1.29, 1.82) is 0 Å². The normalized spacial score (nSPS) is 11.5. The maximum atomic E-state index is 9.71. The highest BCUT2D eigenvalue weighted by Gasteiger charge is 2.22. The van der Waals surface area contributed by atoms with Crippen LogP contribution in [-0.4, -0.2) is 17.2 Å². The summed E-state index contributed by atoms with van der Waals surface area (Å²) in [5.74, 6) is 0.500. The van der Waals surface area contributed by atoms with Crippen molar-refractivity contribution in [3.63, 3.8) is 0 Å². The molecule has 1 rings (SSSR count). The summed E-state index contributed by atoms with van der Waals surface area (Å²) in [6.07, 6.45) is 1.48. The first kappa shape index (κ1) is 10.3. The molecule has 0 aromatic carbocycles. The van der Waals surface area contributed by atoms with Crippen molar-refractivity contribution in [2.45, 2.75) is 19.4 Å². The first-order chi connectivity index (χ1) is 5.95. The van der Waals surface area contributed by atoms with Gasteiger partial charge in [-0.1, -0.05) is 11.6 Å². The quantitative estimate of drug-likeness (QED) is 0.796. The Labute approximate surface area is 82.3 Å². The molecule has 1 aromatic heterocycles. The van der Waals surface area contributed by atoms with Gasteiger partial charge in [-0.15, -0.1) is 0 Å². The van der Waals surface area contributed by atoms with Crippen LogP contribution in [0, 0.1) is 0 Å². The van der Waals surface area contributed by atoms with Gasteiger partial charge in [-0.05, 0) is 13.8 Å². The number of halogens is 1. The molecule has 72 valence electrons. The van der Waals surface area contributed by atoms with E-state index in [2.05, 4.69) is 4.98 Å². The van der Waals surface area contributed by atoms with E-state index in [9.17, 15) is 5.11 Å². The topological polar surface area (TPSA) is 42.4 Å². The first-order valence-corrected chi connectivity index (χ1v) is 4.25. The van der Waals surface area contributed by atoms with Crippen LogP contribution in [0.1, 0.15) is 19.5 Å². The van der Waals surface area contributed by atoms with Crippen LogP contribution in [0.15, 0.2) is 12.3 Å². The van der Waals surface area contributed by atoms with Gasteiger partial charge in [-0.25, -0.2) is 0 Å². The number of methoxy groups -OCH3 is 1. The molecule has 0 unspecified atom stereocenters. The van der Waals surface area contributed by atoms with E-state index in [-0.39, 0.29) is 0 Å². The summed E-state index contributed by atoms with van der Waals surface area (Å²) >= 11 is 5.72. The Morgan fingerprint density at radius 1 is 1.54 bits per heavy atom. The Hall–Kier alpha value is -0.800. The van der Waals surface area contributed by atoms with Crippen molar-refractivity contribution >= 4 is 11.6 Å². The third-order valence-corrected chi connectivity index (χ3v) is 1.83. The van der Waals surface area contributed by atoms with Gasteiger partial charge in [-0.3, -0.25) is 4.98 Å². The van der Waals surface area contributed by atoms with Crippen molar-refractivity contribution in [3.05, 3.63) is 23.0 Å². The fraction of sp³-hybridized carbons (Fsp3) is 0.444. The predicted molar refractivity (Wildman–Crippen MR) is 51.0 cm³/mol. The number of rotatable bonds is 2. The number of hydrogen-bond donors (Lipinski definition) is 1. The van der Waals surface area contributed by atoms with E-state index < -0.39 is 5.60 Å². The molecule has 0 saturated carbocycles. The zero-order valence-electron chi connectivity index (χ0n) is 7.84. The van der Waals surface area contributed by atoms with Crippen LogP contribution < -0.4 is 4.74 Å². The van der Waals surface area contributed by atoms with Crippen LogP contribution in [0.5, 0.6) is 5.75 Å². The summed E-state index contributed by atoms with van der Waals surface area (Å²) in [5.41, 5.74) is -0.532. The van der Waals surface area contributed by atoms with Crippen molar-refractivity contribution in [1.82, 2.24) is 4.98 Å². The van der Waals surface area contributed by atoms with Gasteiger partial charge in [0.15, 0.2) is 0 Å². The van der Waals surface area contributed by atoms with Gasteiger partial charge in [0, 0.05) is 12.3 Å². The summed E-state index contributed by atoms with van der Waals surface area (Å²) < 4.78 is 5.05. The minimum absolute atomic E-state index is 0.486. The lowest BCUT2D eigenvalue weighted by Gasteiger charge is -2.19. The molecule has 0 radical (unpaired) electrons. The predicted octanol–water partition coefficient (Wildman–Crippen LogP) is 1.97. The second-order valence-electron chi connectivity index (χ2n) is 3.26. The molecule has 0 atom stereocenters. The van der Waals surface area contributed by atoms with Crippen molar-refractivity contribution < 1.29 is 9.84 Å². The van der Waals surface area contributed by atoms with Gasteiger partial charge in [0.1, 0.15) is 17.0 Å². The highest BCUT2D eigenvalue weighted by molar-refractivity contribution is 6.30. The highest BCUT2D eigenvalue weighted by atomic mass is 35.5. The lowest BCUT2D eigenvalue weighted by molar-refractivity contribution is 0.0707. The molecule has 1 heterocycles. The maximum Gasteiger partial charge on any atom is 0.144 e. The molecule has 0 amide bonds. The molecule has 0 aliphatic rings. The van der Waals surface area contributed by atoms with Gasteiger partial charge in [0.25, 0.3) is 0 Å². The number of ether oxygens (including phenoxy) is 1. The van der Waals surface area contributed by atoms with E-state index in [0.717, 1.165) is 0 Å². The SMILES string of the molecule is COc1cc(Cl)cnc1C(C)(C)O. The minimum atomic E-state index is -1.02. The van der Waals surface area contributed by atoms with Crippen LogP contribution in [-0.2, 0) is 5.60 Å². The van der Waals surface area contributed by atoms with E-state index >= 15 is 0 Å². The summed E-state index contributed by atoms with van der Waals surface area (Å²) in [6.45, 7) is 3.29. The molecule has 4 heteroatoms. The van der Waals surface area contributed by atoms with E-state index in [1.54, 1.807) is 19.9 Å². The Balaban J connectivity index is 3.22. The van der Waals surface area contributed by atoms with Gasteiger partial charge in [-0.2, -0.15) is 0 Å². The summed E-state index contributed by atoms with van der Waals surface area (Å²) in [6, 6.07) is 1.63. The number of hydrogen-bond acceptors (Lipinski definition) is 3. The molecule has 0 fully saturated rings. The van der Waals surface area contributed by atoms with Crippen LogP contribution in [0.25, 0.3) is 0 Å². The minimum Gasteiger partial charge on any atom is -0.495 e. The highest BCUT2D eigenvalue weighted by Crippen LogP contribution is 2.29. The Kier molecular flexibility index (Phi) is 2.78. The maximum absolute atomic E-state index is 9.71. The molecule has 1 N–H and O–H groups in total. The van der Waals surface area contributed by atoms with E-state index in [4.69, 9.17) is 16.3 Å². The molecule has 0 saturated heterocycles. The molecule has 0 aliphatic heterocycles. The van der Waals surface area contributed by atoms with Gasteiger partial charge in [0.2, 0.25) is 0 Å². The zero-order valence-corrected chi connectivity index (χ0v) is 8.59. The van der Waals surface area contributed by atoms with E-state index in [0.29, 0.717) is 16.5 Å². The van der Waals surface area contributed by atoms with Crippen molar-refractivity contribution in [2.24, 2.45) is 0 Å². The fourth-order valence-electron chi connectivity index (χ4n) is 1.04. The van der Waals surface area contributed by atoms with Gasteiger partial charge in [0.05, 0.1) is 12.1 Å². The standard InChI is InChI=1S/C9H12ClNO2/c1-9(2,12)8-7(13-3)4-6(10)5-11-8/h4-5,12H,1-3H3. The molecule has 3 nitrogen and oxygen atoms in total. The number of aromatic nitrogens is 1. The molecule has 13 heavy (non-hydrogen) atoms. The number of nitrogens with zero attached hydrogens (tertiary/aromatic N) is 1. The van der Waals surface area contributed by atoms with Gasteiger partial charge >= 0.3 is 0 Å². The smallest absolute Gasteiger partial charge is 0.144 e. The molecule has 1 aromatic rings. The summed E-state index contributed by atoms with van der Waals surface area (Å²) in [4.78, 5) is 4.01. The zero-order chi connectivity index (χ0) is 10.1.